The molecule has 0 bridgehead atoms. The molecule has 0 aliphatic carbocycles. The highest BCUT2D eigenvalue weighted by atomic mass is 16.6. The average molecular weight is 326 g/mol. The summed E-state index contributed by atoms with van der Waals surface area (Å²) in [7, 11) is 0. The predicted molar refractivity (Wildman–Crippen MR) is 90.7 cm³/mol. The predicted octanol–water partition coefficient (Wildman–Crippen LogP) is 4.05. The first-order chi connectivity index (χ1) is 11.4. The third kappa shape index (κ3) is 4.36. The number of epoxide rings is 1. The molecule has 1 aliphatic heterocycles. The number of esters is 1. The Morgan fingerprint density at radius 3 is 2.33 bits per heavy atom. The monoisotopic (exact) mass is 326 g/mol. The number of carbonyl (C=O) groups is 1. The van der Waals surface area contributed by atoms with Gasteiger partial charge in [0.15, 0.2) is 6.10 Å². The molecule has 0 saturated carbocycles. The van der Waals surface area contributed by atoms with Crippen LogP contribution in [0.1, 0.15) is 38.0 Å². The highest BCUT2D eigenvalue weighted by Gasteiger charge is 2.48. The highest BCUT2D eigenvalue weighted by Crippen LogP contribution is 2.40. The van der Waals surface area contributed by atoms with Gasteiger partial charge in [-0.25, -0.2) is 4.79 Å². The van der Waals surface area contributed by atoms with Gasteiger partial charge in [0.1, 0.15) is 24.1 Å². The van der Waals surface area contributed by atoms with Gasteiger partial charge in [0.05, 0.1) is 0 Å². The lowest BCUT2D eigenvalue weighted by Crippen LogP contribution is -2.26. The Morgan fingerprint density at radius 1 is 1.04 bits per heavy atom. The molecule has 0 N–H and O–H groups in total. The molecule has 1 aliphatic rings. The van der Waals surface area contributed by atoms with Crippen LogP contribution < -0.4 is 4.74 Å². The van der Waals surface area contributed by atoms with Gasteiger partial charge in [-0.2, -0.15) is 0 Å². The molecule has 4 nitrogen and oxygen atoms in total. The maximum absolute atomic E-state index is 12.0. The maximum atomic E-state index is 12.0. The number of benzene rings is 2. The molecular weight excluding hydrogens is 304 g/mol. The zero-order chi connectivity index (χ0) is 17.2. The van der Waals surface area contributed by atoms with E-state index in [1.54, 1.807) is 0 Å². The number of rotatable bonds is 5. The molecule has 1 saturated heterocycles. The Labute approximate surface area is 142 Å². The van der Waals surface area contributed by atoms with E-state index >= 15 is 0 Å². The summed E-state index contributed by atoms with van der Waals surface area (Å²) in [6, 6.07) is 17.7. The van der Waals surface area contributed by atoms with Crippen molar-refractivity contribution < 1.29 is 19.0 Å². The van der Waals surface area contributed by atoms with E-state index in [0.29, 0.717) is 6.61 Å². The van der Waals surface area contributed by atoms with E-state index in [9.17, 15) is 4.79 Å². The molecule has 0 spiro atoms. The van der Waals surface area contributed by atoms with Crippen LogP contribution in [0.15, 0.2) is 54.6 Å². The van der Waals surface area contributed by atoms with Gasteiger partial charge < -0.3 is 14.2 Å². The molecule has 2 unspecified atom stereocenters. The quantitative estimate of drug-likeness (QED) is 0.614. The van der Waals surface area contributed by atoms with Crippen LogP contribution in [0, 0.1) is 0 Å². The molecule has 126 valence electrons. The molecule has 2 atom stereocenters. The topological polar surface area (TPSA) is 48.1 Å². The Hall–Kier alpha value is -2.33. The van der Waals surface area contributed by atoms with Crippen molar-refractivity contribution in [2.45, 2.75) is 45.2 Å². The second-order valence-electron chi connectivity index (χ2n) is 6.85. The molecule has 24 heavy (non-hydrogen) atoms. The van der Waals surface area contributed by atoms with E-state index in [1.165, 1.54) is 0 Å². The van der Waals surface area contributed by atoms with Crippen LogP contribution in [0.4, 0.5) is 0 Å². The molecular formula is C20H22O4. The van der Waals surface area contributed by atoms with E-state index in [-0.39, 0.29) is 12.1 Å². The molecule has 0 amide bonds. The molecule has 2 aromatic rings. The second kappa shape index (κ2) is 6.65. The van der Waals surface area contributed by atoms with Gasteiger partial charge in [-0.3, -0.25) is 0 Å². The molecule has 1 heterocycles. The molecule has 4 heteroatoms. The Balaban J connectivity index is 1.53. The van der Waals surface area contributed by atoms with Crippen molar-refractivity contribution >= 4 is 5.97 Å². The lowest BCUT2D eigenvalue weighted by molar-refractivity contribution is -0.156. The molecule has 0 radical (unpaired) electrons. The van der Waals surface area contributed by atoms with Crippen LogP contribution in [0.5, 0.6) is 5.75 Å². The van der Waals surface area contributed by atoms with Crippen molar-refractivity contribution in [3.63, 3.8) is 0 Å². The summed E-state index contributed by atoms with van der Waals surface area (Å²) >= 11 is 0. The van der Waals surface area contributed by atoms with Gasteiger partial charge in [-0.15, -0.1) is 0 Å². The molecule has 2 aromatic carbocycles. The third-order valence-electron chi connectivity index (χ3n) is 3.59. The van der Waals surface area contributed by atoms with Crippen LogP contribution in [-0.4, -0.2) is 17.7 Å². The smallest absolute Gasteiger partial charge is 0.338 e. The molecule has 0 aromatic heterocycles. The Bertz CT molecular complexity index is 686. The second-order valence-corrected chi connectivity index (χ2v) is 6.85. The fraction of sp³-hybridized carbons (Fsp3) is 0.350. The van der Waals surface area contributed by atoms with E-state index < -0.39 is 11.7 Å². The minimum Gasteiger partial charge on any atom is -0.489 e. The Kier molecular flexibility index (Phi) is 4.58. The van der Waals surface area contributed by atoms with Crippen LogP contribution in [0.25, 0.3) is 0 Å². The van der Waals surface area contributed by atoms with Crippen molar-refractivity contribution in [3.8, 4) is 5.75 Å². The van der Waals surface area contributed by atoms with Gasteiger partial charge in [0.2, 0.25) is 0 Å². The zero-order valence-electron chi connectivity index (χ0n) is 14.2. The van der Waals surface area contributed by atoms with Crippen molar-refractivity contribution in [3.05, 3.63) is 65.7 Å². The average Bonchev–Trinajstić information content (AvgIpc) is 3.34. The normalized spacial score (nSPS) is 19.6. The first-order valence-corrected chi connectivity index (χ1v) is 8.07. The zero-order valence-corrected chi connectivity index (χ0v) is 14.2. The number of hydrogen-bond donors (Lipinski definition) is 0. The summed E-state index contributed by atoms with van der Waals surface area (Å²) in [6.07, 6.45) is -0.719. The van der Waals surface area contributed by atoms with Crippen LogP contribution in [0.3, 0.4) is 0 Å². The maximum Gasteiger partial charge on any atom is 0.338 e. The fourth-order valence-corrected chi connectivity index (χ4v) is 2.40. The first-order valence-electron chi connectivity index (χ1n) is 8.07. The summed E-state index contributed by atoms with van der Waals surface area (Å²) in [4.78, 5) is 12.0. The summed E-state index contributed by atoms with van der Waals surface area (Å²) in [6.45, 7) is 6.07. The van der Waals surface area contributed by atoms with E-state index in [4.69, 9.17) is 14.2 Å². The van der Waals surface area contributed by atoms with Gasteiger partial charge in [0.25, 0.3) is 0 Å². The first kappa shape index (κ1) is 16.5. The van der Waals surface area contributed by atoms with Crippen molar-refractivity contribution in [2.24, 2.45) is 0 Å². The van der Waals surface area contributed by atoms with Gasteiger partial charge in [0, 0.05) is 0 Å². The van der Waals surface area contributed by atoms with Crippen LogP contribution in [0.2, 0.25) is 0 Å². The van der Waals surface area contributed by atoms with Gasteiger partial charge in [-0.1, -0.05) is 42.5 Å². The van der Waals surface area contributed by atoms with Crippen molar-refractivity contribution in [2.75, 3.05) is 0 Å². The Morgan fingerprint density at radius 2 is 1.71 bits per heavy atom. The van der Waals surface area contributed by atoms with Crippen molar-refractivity contribution in [1.82, 2.24) is 0 Å². The largest absolute Gasteiger partial charge is 0.489 e. The van der Waals surface area contributed by atoms with E-state index in [2.05, 4.69) is 0 Å². The molecule has 3 rings (SSSR count). The summed E-state index contributed by atoms with van der Waals surface area (Å²) < 4.78 is 16.6. The minimum atomic E-state index is -0.500. The number of hydrogen-bond acceptors (Lipinski definition) is 4. The van der Waals surface area contributed by atoms with E-state index in [0.717, 1.165) is 16.9 Å². The minimum absolute atomic E-state index is 0.219. The van der Waals surface area contributed by atoms with Crippen molar-refractivity contribution in [1.29, 1.82) is 0 Å². The highest BCUT2D eigenvalue weighted by molar-refractivity contribution is 5.78. The summed E-state index contributed by atoms with van der Waals surface area (Å²) in [5.41, 5.74) is 1.58. The lowest BCUT2D eigenvalue weighted by atomic mass is 10.1. The number of ether oxygens (including phenoxy) is 3. The lowest BCUT2D eigenvalue weighted by Gasteiger charge is -2.18. The van der Waals surface area contributed by atoms with Gasteiger partial charge in [-0.05, 0) is 44.0 Å². The van der Waals surface area contributed by atoms with Crippen LogP contribution in [-0.2, 0) is 20.9 Å². The van der Waals surface area contributed by atoms with Gasteiger partial charge >= 0.3 is 5.97 Å². The SMILES string of the molecule is CC(C)(C)OC(=O)C1OC1c1ccc(OCc2ccccc2)cc1. The molecule has 1 fully saturated rings. The standard InChI is InChI=1S/C20H22O4/c1-20(2,3)24-19(21)18-17(23-18)15-9-11-16(12-10-15)22-13-14-7-5-4-6-8-14/h4-12,17-18H,13H2,1-3H3. The summed E-state index contributed by atoms with van der Waals surface area (Å²) in [5.74, 6) is 0.481. The number of carbonyl (C=O) groups excluding carboxylic acids is 1. The van der Waals surface area contributed by atoms with Crippen LogP contribution >= 0.6 is 0 Å². The van der Waals surface area contributed by atoms with E-state index in [1.807, 2.05) is 75.4 Å². The fourth-order valence-electron chi connectivity index (χ4n) is 2.40. The third-order valence-corrected chi connectivity index (χ3v) is 3.59. The summed E-state index contributed by atoms with van der Waals surface area (Å²) in [5, 5.41) is 0.